The van der Waals surface area contributed by atoms with Gasteiger partial charge in [0, 0.05) is 5.57 Å². The third kappa shape index (κ3) is 1.27. The van der Waals surface area contributed by atoms with Crippen molar-refractivity contribution >= 4 is 11.8 Å². The standard InChI is InChI=1S/C7H7N2O3/c1-5-3-6(10)9(7(5)11)8-4-12-2/h1,3H2,2H3/q+1. The molecule has 1 heterocycles. The zero-order valence-electron chi connectivity index (χ0n) is 6.53. The molecule has 2 amide bonds. The average molecular weight is 167 g/mol. The Hall–Kier alpha value is -1.83. The van der Waals surface area contributed by atoms with Crippen molar-refractivity contribution in [1.29, 1.82) is 0 Å². The first kappa shape index (κ1) is 8.27. The van der Waals surface area contributed by atoms with Crippen molar-refractivity contribution in [2.24, 2.45) is 0 Å². The molecule has 0 radical (unpaired) electrons. The zero-order chi connectivity index (χ0) is 9.14. The maximum atomic E-state index is 11.0. The summed E-state index contributed by atoms with van der Waals surface area (Å²) in [6, 6.07) is 0. The molecule has 0 spiro atoms. The lowest BCUT2D eigenvalue weighted by Gasteiger charge is -1.85. The fourth-order valence-corrected chi connectivity index (χ4v) is 0.779. The zero-order valence-corrected chi connectivity index (χ0v) is 6.53. The van der Waals surface area contributed by atoms with E-state index in [0.717, 1.165) is 0 Å². The number of nitrogens with zero attached hydrogens (tertiary/aromatic N) is 2. The fourth-order valence-electron chi connectivity index (χ4n) is 0.779. The van der Waals surface area contributed by atoms with E-state index in [2.05, 4.69) is 16.3 Å². The quantitative estimate of drug-likeness (QED) is 0.293. The number of rotatable bonds is 0. The molecule has 0 atom stereocenters. The molecular weight excluding hydrogens is 160 g/mol. The maximum Gasteiger partial charge on any atom is 0.562 e. The first-order valence-corrected chi connectivity index (χ1v) is 3.20. The first-order chi connectivity index (χ1) is 5.66. The van der Waals surface area contributed by atoms with E-state index in [1.807, 2.05) is 6.26 Å². The molecule has 1 rings (SSSR count). The third-order valence-electron chi connectivity index (χ3n) is 1.33. The molecule has 5 nitrogen and oxygen atoms in total. The van der Waals surface area contributed by atoms with E-state index in [0.29, 0.717) is 5.01 Å². The molecule has 0 aromatic carbocycles. The molecule has 0 aliphatic carbocycles. The highest BCUT2D eigenvalue weighted by Crippen LogP contribution is 2.16. The van der Waals surface area contributed by atoms with E-state index in [1.165, 1.54) is 7.11 Å². The normalized spacial score (nSPS) is 16.1. The van der Waals surface area contributed by atoms with Gasteiger partial charge in [-0.15, -0.1) is 0 Å². The van der Waals surface area contributed by atoms with Gasteiger partial charge in [0.25, 0.3) is 0 Å². The first-order valence-electron chi connectivity index (χ1n) is 3.20. The van der Waals surface area contributed by atoms with Gasteiger partial charge in [0.2, 0.25) is 0 Å². The number of hydrogen-bond donors (Lipinski definition) is 0. The second-order valence-corrected chi connectivity index (χ2v) is 2.19. The predicted octanol–water partition coefficient (Wildman–Crippen LogP) is 0.153. The second-order valence-electron chi connectivity index (χ2n) is 2.19. The lowest BCUT2D eigenvalue weighted by Crippen LogP contribution is -2.21. The summed E-state index contributed by atoms with van der Waals surface area (Å²) in [5, 5.41) is 0.686. The van der Waals surface area contributed by atoms with Gasteiger partial charge in [-0.05, 0) is 0 Å². The van der Waals surface area contributed by atoms with Gasteiger partial charge in [0.15, 0.2) is 0 Å². The minimum absolute atomic E-state index is 0.0216. The van der Waals surface area contributed by atoms with Gasteiger partial charge in [0.1, 0.15) is 4.95 Å². The number of imide groups is 1. The summed E-state index contributed by atoms with van der Waals surface area (Å²) >= 11 is 0. The van der Waals surface area contributed by atoms with E-state index in [-0.39, 0.29) is 12.0 Å². The highest BCUT2D eigenvalue weighted by Gasteiger charge is 2.41. The Labute approximate surface area is 69.0 Å². The summed E-state index contributed by atoms with van der Waals surface area (Å²) in [5.41, 5.74) is 0.238. The van der Waals surface area contributed by atoms with Crippen LogP contribution in [-0.2, 0) is 14.3 Å². The number of hydrogen-bond acceptors (Lipinski definition) is 3. The highest BCUT2D eigenvalue weighted by molar-refractivity contribution is 6.13. The number of carbonyl (C=O) groups is 2. The van der Waals surface area contributed by atoms with Crippen LogP contribution in [0.2, 0.25) is 0 Å². The van der Waals surface area contributed by atoms with E-state index in [1.54, 1.807) is 0 Å². The Bertz CT molecular complexity index is 310. The summed E-state index contributed by atoms with van der Waals surface area (Å²) in [5.74, 6) is -0.904. The smallest absolute Gasteiger partial charge is 0.394 e. The van der Waals surface area contributed by atoms with Crippen LogP contribution in [0.5, 0.6) is 0 Å². The molecule has 0 bridgehead atoms. The lowest BCUT2D eigenvalue weighted by molar-refractivity contribution is -0.134. The molecular formula is C7H7N2O3+. The van der Waals surface area contributed by atoms with E-state index >= 15 is 0 Å². The fraction of sp³-hybridized carbons (Fsp3) is 0.286. The Morgan fingerprint density at radius 3 is 2.75 bits per heavy atom. The number of amides is 2. The Morgan fingerprint density at radius 2 is 2.33 bits per heavy atom. The van der Waals surface area contributed by atoms with Gasteiger partial charge < -0.3 is 4.74 Å². The van der Waals surface area contributed by atoms with E-state index in [4.69, 9.17) is 0 Å². The lowest BCUT2D eigenvalue weighted by atomic mass is 10.3. The SMILES string of the molecule is C=C1CC(=O)N([N+]#COC)C1=O. The van der Waals surface area contributed by atoms with E-state index in [9.17, 15) is 9.59 Å². The topological polar surface area (TPSA) is 51.0 Å². The van der Waals surface area contributed by atoms with Crippen LogP contribution >= 0.6 is 0 Å². The molecule has 0 aromatic heterocycles. The predicted molar refractivity (Wildman–Crippen MR) is 39.9 cm³/mol. The van der Waals surface area contributed by atoms with Gasteiger partial charge in [0.05, 0.1) is 18.5 Å². The number of carbonyl (C=O) groups excluding carboxylic acids is 2. The van der Waals surface area contributed by atoms with E-state index < -0.39 is 11.8 Å². The van der Waals surface area contributed by atoms with Gasteiger partial charge in [-0.3, -0.25) is 9.59 Å². The summed E-state index contributed by atoms with van der Waals surface area (Å²) in [4.78, 5) is 25.3. The maximum absolute atomic E-state index is 11.0. The summed E-state index contributed by atoms with van der Waals surface area (Å²) in [6.45, 7) is 3.40. The van der Waals surface area contributed by atoms with Crippen molar-refractivity contribution in [2.45, 2.75) is 6.42 Å². The number of ether oxygens (including phenoxy) is 1. The van der Waals surface area contributed by atoms with Crippen LogP contribution in [0.1, 0.15) is 6.42 Å². The van der Waals surface area contributed by atoms with Crippen LogP contribution in [0.15, 0.2) is 12.2 Å². The van der Waals surface area contributed by atoms with Crippen LogP contribution in [0.4, 0.5) is 0 Å². The Balaban J connectivity index is 2.84. The van der Waals surface area contributed by atoms with Crippen molar-refractivity contribution in [3.8, 4) is 6.26 Å². The monoisotopic (exact) mass is 167 g/mol. The van der Waals surface area contributed by atoms with Gasteiger partial charge in [-0.25, -0.2) is 0 Å². The van der Waals surface area contributed by atoms with Crippen LogP contribution in [0.3, 0.4) is 0 Å². The average Bonchev–Trinajstić information content (AvgIpc) is 2.25. The van der Waals surface area contributed by atoms with Gasteiger partial charge >= 0.3 is 18.1 Å². The van der Waals surface area contributed by atoms with Crippen LogP contribution in [0, 0.1) is 6.26 Å². The molecule has 12 heavy (non-hydrogen) atoms. The Kier molecular flexibility index (Phi) is 2.10. The molecule has 0 saturated carbocycles. The van der Waals surface area contributed by atoms with Gasteiger partial charge in [-0.2, -0.15) is 0 Å². The van der Waals surface area contributed by atoms with Crippen molar-refractivity contribution in [1.82, 2.24) is 5.01 Å². The van der Waals surface area contributed by atoms with Crippen molar-refractivity contribution in [2.75, 3.05) is 7.11 Å². The molecule has 0 aromatic rings. The molecule has 1 fully saturated rings. The summed E-state index contributed by atoms with van der Waals surface area (Å²) in [7, 11) is 1.32. The minimum Gasteiger partial charge on any atom is -0.394 e. The second kappa shape index (κ2) is 3.05. The van der Waals surface area contributed by atoms with Crippen molar-refractivity contribution in [3.05, 3.63) is 17.1 Å². The minimum atomic E-state index is -0.496. The summed E-state index contributed by atoms with van der Waals surface area (Å²) < 4.78 is 4.34. The van der Waals surface area contributed by atoms with Crippen molar-refractivity contribution in [3.63, 3.8) is 0 Å². The molecule has 0 unspecified atom stereocenters. The molecule has 1 saturated heterocycles. The van der Waals surface area contributed by atoms with Crippen LogP contribution in [-0.4, -0.2) is 23.9 Å². The molecule has 5 heteroatoms. The van der Waals surface area contributed by atoms with Crippen molar-refractivity contribution < 1.29 is 14.3 Å². The molecule has 1 aliphatic rings. The largest absolute Gasteiger partial charge is 0.562 e. The number of methoxy groups -OCH3 is 1. The summed E-state index contributed by atoms with van der Waals surface area (Å²) in [6.07, 6.45) is 2.06. The third-order valence-corrected chi connectivity index (χ3v) is 1.33. The van der Waals surface area contributed by atoms with Gasteiger partial charge in [-0.1, -0.05) is 6.58 Å². The van der Waals surface area contributed by atoms with Crippen LogP contribution < -0.4 is 0 Å². The Morgan fingerprint density at radius 1 is 1.67 bits per heavy atom. The molecule has 0 N–H and O–H groups in total. The van der Waals surface area contributed by atoms with Crippen LogP contribution in [0.25, 0.3) is 4.95 Å². The highest BCUT2D eigenvalue weighted by atomic mass is 16.5. The molecule has 1 aliphatic heterocycles. The molecule has 62 valence electrons.